The van der Waals surface area contributed by atoms with Gasteiger partial charge in [-0.3, -0.25) is 0 Å². The Balaban J connectivity index is 3.38. The Morgan fingerprint density at radius 3 is 2.62 bits per heavy atom. The third-order valence-electron chi connectivity index (χ3n) is 1.85. The van der Waals surface area contributed by atoms with Gasteiger partial charge in [0.15, 0.2) is 6.10 Å². The number of hydrogen-bond donors (Lipinski definition) is 1. The van der Waals surface area contributed by atoms with Crippen LogP contribution in [-0.4, -0.2) is 30.6 Å². The second-order valence-electron chi connectivity index (χ2n) is 2.87. The van der Waals surface area contributed by atoms with Crippen molar-refractivity contribution in [1.29, 1.82) is 0 Å². The molecule has 0 radical (unpaired) electrons. The first-order chi connectivity index (χ1) is 6.22. The first kappa shape index (κ1) is 12.1. The van der Waals surface area contributed by atoms with Gasteiger partial charge in [-0.05, 0) is 12.8 Å². The topological polar surface area (TPSA) is 63.6 Å². The maximum atomic E-state index is 10.5. The molecule has 4 heteroatoms. The second kappa shape index (κ2) is 7.73. The number of carboxylic acids is 1. The molecule has 0 aromatic heterocycles. The zero-order chi connectivity index (χ0) is 10.1. The average molecular weight is 188 g/mol. The Hall–Kier alpha value is -0.900. The van der Waals surface area contributed by atoms with Gasteiger partial charge in [-0.15, -0.1) is 0 Å². The number of aliphatic carboxylic acids is 1. The van der Waals surface area contributed by atoms with Crippen molar-refractivity contribution in [2.45, 2.75) is 38.2 Å². The van der Waals surface area contributed by atoms with E-state index in [1.54, 1.807) is 0 Å². The SMILES string of the molecule is COC(CCCCCC=O)C(=O)O. The van der Waals surface area contributed by atoms with Crippen molar-refractivity contribution < 1.29 is 19.4 Å². The molecule has 0 aromatic rings. The summed E-state index contributed by atoms with van der Waals surface area (Å²) in [6, 6.07) is 0. The van der Waals surface area contributed by atoms with E-state index in [1.165, 1.54) is 7.11 Å². The van der Waals surface area contributed by atoms with Gasteiger partial charge in [0.2, 0.25) is 0 Å². The molecule has 0 bridgehead atoms. The molecule has 4 nitrogen and oxygen atoms in total. The van der Waals surface area contributed by atoms with Gasteiger partial charge >= 0.3 is 5.97 Å². The number of carbonyl (C=O) groups excluding carboxylic acids is 1. The highest BCUT2D eigenvalue weighted by Crippen LogP contribution is 2.07. The predicted octanol–water partition coefficient (Wildman–Crippen LogP) is 1.24. The van der Waals surface area contributed by atoms with Crippen LogP contribution in [0.3, 0.4) is 0 Å². The van der Waals surface area contributed by atoms with Crippen molar-refractivity contribution in [3.05, 3.63) is 0 Å². The zero-order valence-corrected chi connectivity index (χ0v) is 7.86. The molecule has 1 atom stereocenters. The van der Waals surface area contributed by atoms with Gasteiger partial charge in [0.1, 0.15) is 6.29 Å². The third kappa shape index (κ3) is 6.28. The maximum absolute atomic E-state index is 10.5. The van der Waals surface area contributed by atoms with E-state index in [2.05, 4.69) is 0 Å². The number of carboxylic acid groups (broad SMARTS) is 1. The van der Waals surface area contributed by atoms with Crippen LogP contribution >= 0.6 is 0 Å². The molecule has 0 aliphatic heterocycles. The molecule has 0 spiro atoms. The van der Waals surface area contributed by atoms with Crippen LogP contribution in [0.4, 0.5) is 0 Å². The summed E-state index contributed by atoms with van der Waals surface area (Å²) in [6.45, 7) is 0. The molecule has 1 unspecified atom stereocenters. The van der Waals surface area contributed by atoms with E-state index >= 15 is 0 Å². The first-order valence-corrected chi connectivity index (χ1v) is 4.41. The molecule has 76 valence electrons. The molecule has 0 rings (SSSR count). The zero-order valence-electron chi connectivity index (χ0n) is 7.86. The van der Waals surface area contributed by atoms with E-state index in [4.69, 9.17) is 9.84 Å². The molecule has 0 aromatic carbocycles. The van der Waals surface area contributed by atoms with Gasteiger partial charge < -0.3 is 14.6 Å². The van der Waals surface area contributed by atoms with Crippen LogP contribution in [0.1, 0.15) is 32.1 Å². The highest BCUT2D eigenvalue weighted by atomic mass is 16.5. The number of aldehydes is 1. The summed E-state index contributed by atoms with van der Waals surface area (Å²) >= 11 is 0. The summed E-state index contributed by atoms with van der Waals surface area (Å²) in [7, 11) is 1.39. The lowest BCUT2D eigenvalue weighted by Crippen LogP contribution is -2.21. The molecule has 0 aliphatic rings. The van der Waals surface area contributed by atoms with Crippen LogP contribution in [0.15, 0.2) is 0 Å². The second-order valence-corrected chi connectivity index (χ2v) is 2.87. The normalized spacial score (nSPS) is 12.4. The van der Waals surface area contributed by atoms with Crippen molar-refractivity contribution in [1.82, 2.24) is 0 Å². The smallest absolute Gasteiger partial charge is 0.332 e. The molecule has 0 fully saturated rings. The van der Waals surface area contributed by atoms with Gasteiger partial charge in [-0.1, -0.05) is 12.8 Å². The van der Waals surface area contributed by atoms with Crippen LogP contribution in [0.25, 0.3) is 0 Å². The number of rotatable bonds is 8. The monoisotopic (exact) mass is 188 g/mol. The fourth-order valence-electron chi connectivity index (χ4n) is 1.08. The standard InChI is InChI=1S/C9H16O4/c1-13-8(9(11)12)6-4-2-3-5-7-10/h7-8H,2-6H2,1H3,(H,11,12). The molecule has 0 heterocycles. The summed E-state index contributed by atoms with van der Waals surface area (Å²) in [4.78, 5) is 20.4. The summed E-state index contributed by atoms with van der Waals surface area (Å²) in [6.07, 6.45) is 3.76. The number of hydrogen-bond acceptors (Lipinski definition) is 3. The molecule has 0 amide bonds. The lowest BCUT2D eigenvalue weighted by atomic mass is 10.1. The highest BCUT2D eigenvalue weighted by Gasteiger charge is 2.14. The minimum absolute atomic E-state index is 0.519. The van der Waals surface area contributed by atoms with Crippen LogP contribution < -0.4 is 0 Å². The van der Waals surface area contributed by atoms with Gasteiger partial charge in [0, 0.05) is 13.5 Å². The number of ether oxygens (including phenoxy) is 1. The molecule has 1 N–H and O–H groups in total. The minimum Gasteiger partial charge on any atom is -0.479 e. The lowest BCUT2D eigenvalue weighted by molar-refractivity contribution is -0.148. The summed E-state index contributed by atoms with van der Waals surface area (Å²) in [5.41, 5.74) is 0. The summed E-state index contributed by atoms with van der Waals surface area (Å²) in [5, 5.41) is 8.59. The average Bonchev–Trinajstić information content (AvgIpc) is 2.10. The highest BCUT2D eigenvalue weighted by molar-refractivity contribution is 5.72. The van der Waals surface area contributed by atoms with E-state index in [9.17, 15) is 9.59 Å². The largest absolute Gasteiger partial charge is 0.479 e. The fourth-order valence-corrected chi connectivity index (χ4v) is 1.08. The first-order valence-electron chi connectivity index (χ1n) is 4.41. The van der Waals surface area contributed by atoms with Crippen molar-refractivity contribution in [3.63, 3.8) is 0 Å². The number of unbranched alkanes of at least 4 members (excludes halogenated alkanes) is 3. The van der Waals surface area contributed by atoms with E-state index < -0.39 is 12.1 Å². The van der Waals surface area contributed by atoms with Crippen molar-refractivity contribution in [2.75, 3.05) is 7.11 Å². The fraction of sp³-hybridized carbons (Fsp3) is 0.778. The predicted molar refractivity (Wildman–Crippen MR) is 47.6 cm³/mol. The summed E-state index contributed by atoms with van der Waals surface area (Å²) < 4.78 is 4.75. The van der Waals surface area contributed by atoms with Crippen LogP contribution in [0.2, 0.25) is 0 Å². The van der Waals surface area contributed by atoms with E-state index in [0.29, 0.717) is 12.8 Å². The molecular weight excluding hydrogens is 172 g/mol. The van der Waals surface area contributed by atoms with Crippen LogP contribution in [0.5, 0.6) is 0 Å². The van der Waals surface area contributed by atoms with Crippen molar-refractivity contribution in [3.8, 4) is 0 Å². The number of methoxy groups -OCH3 is 1. The van der Waals surface area contributed by atoms with Gasteiger partial charge in [0.25, 0.3) is 0 Å². The Bertz CT molecular complexity index is 156. The van der Waals surface area contributed by atoms with E-state index in [-0.39, 0.29) is 0 Å². The van der Waals surface area contributed by atoms with Gasteiger partial charge in [-0.25, -0.2) is 4.79 Å². The molecule has 0 saturated heterocycles. The Morgan fingerprint density at radius 2 is 2.15 bits per heavy atom. The molecule has 0 aliphatic carbocycles. The van der Waals surface area contributed by atoms with Crippen LogP contribution in [-0.2, 0) is 14.3 Å². The van der Waals surface area contributed by atoms with E-state index in [0.717, 1.165) is 25.5 Å². The maximum Gasteiger partial charge on any atom is 0.332 e. The van der Waals surface area contributed by atoms with Gasteiger partial charge in [0.05, 0.1) is 0 Å². The molecular formula is C9H16O4. The third-order valence-corrected chi connectivity index (χ3v) is 1.85. The van der Waals surface area contributed by atoms with Crippen molar-refractivity contribution in [2.24, 2.45) is 0 Å². The Morgan fingerprint density at radius 1 is 1.46 bits per heavy atom. The minimum atomic E-state index is -0.919. The van der Waals surface area contributed by atoms with Crippen LogP contribution in [0, 0.1) is 0 Å². The Labute approximate surface area is 77.9 Å². The molecule has 13 heavy (non-hydrogen) atoms. The quantitative estimate of drug-likeness (QED) is 0.459. The Kier molecular flexibility index (Phi) is 7.20. The van der Waals surface area contributed by atoms with E-state index in [1.807, 2.05) is 0 Å². The van der Waals surface area contributed by atoms with Gasteiger partial charge in [-0.2, -0.15) is 0 Å². The summed E-state index contributed by atoms with van der Waals surface area (Å²) in [5.74, 6) is -0.919. The lowest BCUT2D eigenvalue weighted by Gasteiger charge is -2.08. The molecule has 0 saturated carbocycles. The number of carbonyl (C=O) groups is 2. The van der Waals surface area contributed by atoms with Crippen molar-refractivity contribution >= 4 is 12.3 Å².